The molecule has 0 bridgehead atoms. The van der Waals surface area contributed by atoms with E-state index in [1.165, 1.54) is 4.57 Å². The normalized spacial score (nSPS) is 17.1. The van der Waals surface area contributed by atoms with Crippen molar-refractivity contribution >= 4 is 28.5 Å². The molecule has 0 unspecified atom stereocenters. The Kier molecular flexibility index (Phi) is 7.74. The predicted molar refractivity (Wildman–Crippen MR) is 152 cm³/mol. The number of carbonyl (C=O) groups is 2. The Hall–Kier alpha value is -4.39. The number of fused-ring (bicyclic) bond motifs is 1. The van der Waals surface area contributed by atoms with E-state index >= 15 is 0 Å². The number of benzene rings is 2. The van der Waals surface area contributed by atoms with Gasteiger partial charge in [0.25, 0.3) is 11.5 Å². The van der Waals surface area contributed by atoms with Crippen molar-refractivity contribution in [3.8, 4) is 6.07 Å². The summed E-state index contributed by atoms with van der Waals surface area (Å²) in [6, 6.07) is 13.5. The summed E-state index contributed by atoms with van der Waals surface area (Å²) in [5, 5.41) is 15.1. The van der Waals surface area contributed by atoms with E-state index in [-0.39, 0.29) is 35.3 Å². The molecule has 208 valence electrons. The number of nitrogens with zero attached hydrogens (tertiary/aromatic N) is 4. The summed E-state index contributed by atoms with van der Waals surface area (Å²) >= 11 is 0. The zero-order valence-electron chi connectivity index (χ0n) is 22.9. The van der Waals surface area contributed by atoms with E-state index in [4.69, 9.17) is 5.26 Å². The molecule has 0 spiro atoms. The quantitative estimate of drug-likeness (QED) is 0.471. The molecular formula is C30H34N6O4. The van der Waals surface area contributed by atoms with E-state index in [1.807, 2.05) is 13.8 Å². The number of amides is 3. The maximum Gasteiger partial charge on any atom is 0.331 e. The van der Waals surface area contributed by atoms with Crippen molar-refractivity contribution in [3.05, 3.63) is 74.4 Å². The maximum absolute atomic E-state index is 13.3. The lowest BCUT2D eigenvalue weighted by Gasteiger charge is -2.33. The third-order valence-electron chi connectivity index (χ3n) is 7.62. The number of anilines is 1. The molecule has 1 aliphatic carbocycles. The number of hydrogen-bond donors (Lipinski definition) is 2. The van der Waals surface area contributed by atoms with Gasteiger partial charge in [-0.3, -0.25) is 18.7 Å². The topological polar surface area (TPSA) is 129 Å². The first-order chi connectivity index (χ1) is 19.2. The van der Waals surface area contributed by atoms with Crippen LogP contribution in [0.3, 0.4) is 0 Å². The molecule has 1 aliphatic heterocycles. The Bertz CT molecular complexity index is 1590. The molecule has 40 heavy (non-hydrogen) atoms. The molecule has 2 aromatic carbocycles. The smallest absolute Gasteiger partial charge is 0.331 e. The molecule has 1 aromatic heterocycles. The van der Waals surface area contributed by atoms with Gasteiger partial charge in [-0.15, -0.1) is 0 Å². The van der Waals surface area contributed by atoms with Gasteiger partial charge in [0.2, 0.25) is 0 Å². The van der Waals surface area contributed by atoms with Gasteiger partial charge in [0, 0.05) is 43.0 Å². The Balaban J connectivity index is 1.29. The predicted octanol–water partition coefficient (Wildman–Crippen LogP) is 3.65. The first-order valence-corrected chi connectivity index (χ1v) is 13.9. The van der Waals surface area contributed by atoms with Gasteiger partial charge in [0.1, 0.15) is 0 Å². The number of nitrogens with one attached hydrogen (secondary N) is 2. The number of nitriles is 1. The molecule has 3 aromatic rings. The van der Waals surface area contributed by atoms with Crippen LogP contribution in [-0.2, 0) is 13.0 Å². The Labute approximate surface area is 232 Å². The molecular weight excluding hydrogens is 508 g/mol. The van der Waals surface area contributed by atoms with Crippen LogP contribution >= 0.6 is 0 Å². The van der Waals surface area contributed by atoms with E-state index in [0.29, 0.717) is 54.1 Å². The van der Waals surface area contributed by atoms with Crippen molar-refractivity contribution in [1.82, 2.24) is 19.4 Å². The first kappa shape index (κ1) is 27.2. The summed E-state index contributed by atoms with van der Waals surface area (Å²) in [7, 11) is 0. The third-order valence-corrected chi connectivity index (χ3v) is 7.62. The molecule has 10 heteroatoms. The summed E-state index contributed by atoms with van der Waals surface area (Å²) in [4.78, 5) is 54.0. The molecule has 2 N–H and O–H groups in total. The standard InChI is InChI=1S/C30H34N6O4/c1-19(2)36-26-12-11-23(16-25(26)28(38)35(30(36)40)17-21-5-6-21)33-29(39)34-15-3-4-24(18-34)32-27(37)22-9-7-20(8-10-22)13-14-31/h7-12,16,19,21,24H,3-6,13,15,17-18H2,1-2H3,(H,32,37)(H,33,39)/t24-/m1/s1. The fraction of sp³-hybridized carbons (Fsp3) is 0.433. The summed E-state index contributed by atoms with van der Waals surface area (Å²) in [6.07, 6.45) is 3.83. The van der Waals surface area contributed by atoms with Crippen LogP contribution in [0.15, 0.2) is 52.1 Å². The fourth-order valence-electron chi connectivity index (χ4n) is 5.30. The van der Waals surface area contributed by atoms with E-state index in [1.54, 1.807) is 51.9 Å². The zero-order valence-corrected chi connectivity index (χ0v) is 22.9. The van der Waals surface area contributed by atoms with Gasteiger partial charge < -0.3 is 15.5 Å². The minimum Gasteiger partial charge on any atom is -0.348 e. The van der Waals surface area contributed by atoms with Crippen molar-refractivity contribution in [3.63, 3.8) is 0 Å². The van der Waals surface area contributed by atoms with Crippen LogP contribution in [0.25, 0.3) is 10.9 Å². The number of hydrogen-bond acceptors (Lipinski definition) is 5. The average Bonchev–Trinajstić information content (AvgIpc) is 3.76. The summed E-state index contributed by atoms with van der Waals surface area (Å²) < 4.78 is 2.97. The molecule has 3 amide bonds. The highest BCUT2D eigenvalue weighted by molar-refractivity contribution is 5.95. The van der Waals surface area contributed by atoms with Crippen molar-refractivity contribution < 1.29 is 9.59 Å². The monoisotopic (exact) mass is 542 g/mol. The Morgan fingerprint density at radius 3 is 2.50 bits per heavy atom. The van der Waals surface area contributed by atoms with Gasteiger partial charge in [0.15, 0.2) is 0 Å². The fourth-order valence-corrected chi connectivity index (χ4v) is 5.30. The van der Waals surface area contributed by atoms with Crippen molar-refractivity contribution in [2.75, 3.05) is 18.4 Å². The number of rotatable bonds is 7. The van der Waals surface area contributed by atoms with Gasteiger partial charge >= 0.3 is 11.7 Å². The Morgan fingerprint density at radius 2 is 1.82 bits per heavy atom. The van der Waals surface area contributed by atoms with Gasteiger partial charge in [-0.25, -0.2) is 9.59 Å². The minimum absolute atomic E-state index is 0.127. The SMILES string of the molecule is CC(C)n1c(=O)n(CC2CC2)c(=O)c2cc(NC(=O)N3CCC[C@@H](NC(=O)c4ccc(CC#N)cc4)C3)ccc21. The summed E-state index contributed by atoms with van der Waals surface area (Å²) in [6.45, 7) is 5.16. The first-order valence-electron chi connectivity index (χ1n) is 13.9. The molecule has 10 nitrogen and oxygen atoms in total. The van der Waals surface area contributed by atoms with Crippen molar-refractivity contribution in [1.29, 1.82) is 5.26 Å². The van der Waals surface area contributed by atoms with Crippen LogP contribution in [0.1, 0.15) is 61.5 Å². The summed E-state index contributed by atoms with van der Waals surface area (Å²) in [5.74, 6) is 0.144. The van der Waals surface area contributed by atoms with E-state index in [0.717, 1.165) is 31.2 Å². The van der Waals surface area contributed by atoms with E-state index < -0.39 is 0 Å². The number of urea groups is 1. The lowest BCUT2D eigenvalue weighted by atomic mass is 10.0. The summed E-state index contributed by atoms with van der Waals surface area (Å²) in [5.41, 5.74) is 1.76. The molecule has 1 saturated carbocycles. The van der Waals surface area contributed by atoms with E-state index in [9.17, 15) is 19.2 Å². The third kappa shape index (κ3) is 5.78. The molecule has 5 rings (SSSR count). The van der Waals surface area contributed by atoms with Gasteiger partial charge in [-0.1, -0.05) is 12.1 Å². The van der Waals surface area contributed by atoms with Crippen LogP contribution in [-0.4, -0.2) is 45.1 Å². The average molecular weight is 543 g/mol. The molecule has 0 radical (unpaired) electrons. The highest BCUT2D eigenvalue weighted by Gasteiger charge is 2.27. The second-order valence-corrected chi connectivity index (χ2v) is 11.1. The lowest BCUT2D eigenvalue weighted by molar-refractivity contribution is 0.0913. The van der Waals surface area contributed by atoms with Crippen LogP contribution in [0.5, 0.6) is 0 Å². The molecule has 2 fully saturated rings. The number of carbonyl (C=O) groups excluding carboxylic acids is 2. The maximum atomic E-state index is 13.3. The zero-order chi connectivity index (χ0) is 28.4. The van der Waals surface area contributed by atoms with Crippen molar-refractivity contribution in [2.45, 2.75) is 64.6 Å². The van der Waals surface area contributed by atoms with Crippen molar-refractivity contribution in [2.24, 2.45) is 5.92 Å². The molecule has 1 saturated heterocycles. The van der Waals surface area contributed by atoms with Gasteiger partial charge in [0.05, 0.1) is 23.4 Å². The number of aromatic nitrogens is 2. The molecule has 2 aliphatic rings. The number of piperidine rings is 1. The second kappa shape index (κ2) is 11.4. The highest BCUT2D eigenvalue weighted by atomic mass is 16.2. The van der Waals surface area contributed by atoms with Crippen LogP contribution in [0, 0.1) is 17.2 Å². The van der Waals surface area contributed by atoms with Crippen LogP contribution in [0.2, 0.25) is 0 Å². The second-order valence-electron chi connectivity index (χ2n) is 11.1. The van der Waals surface area contributed by atoms with Gasteiger partial charge in [-0.05, 0) is 81.3 Å². The minimum atomic E-state index is -0.332. The van der Waals surface area contributed by atoms with E-state index in [2.05, 4.69) is 16.7 Å². The van der Waals surface area contributed by atoms with Gasteiger partial charge in [-0.2, -0.15) is 5.26 Å². The lowest BCUT2D eigenvalue weighted by Crippen LogP contribution is -2.50. The highest BCUT2D eigenvalue weighted by Crippen LogP contribution is 2.30. The van der Waals surface area contributed by atoms with Crippen LogP contribution in [0.4, 0.5) is 10.5 Å². The largest absolute Gasteiger partial charge is 0.348 e. The number of likely N-dealkylation sites (tertiary alicyclic amines) is 1. The molecule has 2 heterocycles. The Morgan fingerprint density at radius 1 is 1.07 bits per heavy atom. The van der Waals surface area contributed by atoms with Crippen LogP contribution < -0.4 is 21.9 Å². The molecule has 1 atom stereocenters.